The molecule has 0 fully saturated rings. The number of hydrogen-bond acceptors (Lipinski definition) is 2. The number of aryl methyl sites for hydroxylation is 1. The van der Waals surface area contributed by atoms with Crippen LogP contribution in [0.1, 0.15) is 30.0 Å². The van der Waals surface area contributed by atoms with Crippen LogP contribution in [-0.2, 0) is 12.0 Å². The molecule has 104 valence electrons. The molecule has 1 N–H and O–H groups in total. The Morgan fingerprint density at radius 1 is 1.20 bits per heavy atom. The van der Waals surface area contributed by atoms with Crippen molar-refractivity contribution in [1.29, 1.82) is 0 Å². The highest BCUT2D eigenvalue weighted by molar-refractivity contribution is 5.49. The number of hydrogen-bond donors (Lipinski definition) is 1. The van der Waals surface area contributed by atoms with Crippen LogP contribution in [0.4, 0.5) is 4.39 Å². The smallest absolute Gasteiger partial charge is 0.128 e. The highest BCUT2D eigenvalue weighted by atomic mass is 19.1. The summed E-state index contributed by atoms with van der Waals surface area (Å²) in [6.07, 6.45) is 1.93. The van der Waals surface area contributed by atoms with E-state index in [2.05, 4.69) is 0 Å². The lowest BCUT2D eigenvalue weighted by atomic mass is 9.85. The van der Waals surface area contributed by atoms with Crippen LogP contribution in [0.5, 0.6) is 5.75 Å². The molecule has 2 nitrogen and oxygen atoms in total. The monoisotopic (exact) mass is 272 g/mol. The number of aliphatic hydroxyl groups is 1. The highest BCUT2D eigenvalue weighted by Gasteiger charge is 2.31. The standard InChI is InChI=1S/C17H17FO2/c1-17(19,13-7-3-8-14(18)11-13)15-9-2-5-12-6-4-10-20-16(12)15/h2-3,5,7-9,11,19H,4,6,10H2,1H3. The maximum absolute atomic E-state index is 13.4. The van der Waals surface area contributed by atoms with E-state index < -0.39 is 5.60 Å². The van der Waals surface area contributed by atoms with Crippen molar-refractivity contribution in [1.82, 2.24) is 0 Å². The molecule has 1 aliphatic heterocycles. The summed E-state index contributed by atoms with van der Waals surface area (Å²) in [4.78, 5) is 0. The zero-order valence-electron chi connectivity index (χ0n) is 11.4. The quantitative estimate of drug-likeness (QED) is 0.908. The average molecular weight is 272 g/mol. The Morgan fingerprint density at radius 3 is 2.80 bits per heavy atom. The molecule has 1 heterocycles. The first-order chi connectivity index (χ1) is 9.59. The second-order valence-corrected chi connectivity index (χ2v) is 5.33. The third-order valence-corrected chi connectivity index (χ3v) is 3.84. The van der Waals surface area contributed by atoms with E-state index in [0.29, 0.717) is 17.7 Å². The Balaban J connectivity index is 2.12. The fourth-order valence-electron chi connectivity index (χ4n) is 2.72. The van der Waals surface area contributed by atoms with Crippen molar-refractivity contribution in [3.05, 3.63) is 65.0 Å². The molecule has 0 saturated heterocycles. The number of benzene rings is 2. The van der Waals surface area contributed by atoms with Gasteiger partial charge in [-0.3, -0.25) is 0 Å². The van der Waals surface area contributed by atoms with E-state index in [1.54, 1.807) is 19.1 Å². The molecule has 0 aromatic heterocycles. The van der Waals surface area contributed by atoms with Crippen LogP contribution in [0.3, 0.4) is 0 Å². The molecule has 0 spiro atoms. The normalized spacial score (nSPS) is 16.9. The van der Waals surface area contributed by atoms with Crippen LogP contribution >= 0.6 is 0 Å². The first kappa shape index (κ1) is 13.1. The number of para-hydroxylation sites is 1. The number of rotatable bonds is 2. The Labute approximate surface area is 117 Å². The van der Waals surface area contributed by atoms with Gasteiger partial charge in [0, 0.05) is 5.56 Å². The van der Waals surface area contributed by atoms with Gasteiger partial charge in [-0.05, 0) is 43.0 Å². The second-order valence-electron chi connectivity index (χ2n) is 5.33. The fraction of sp³-hybridized carbons (Fsp3) is 0.294. The second kappa shape index (κ2) is 4.91. The number of halogens is 1. The van der Waals surface area contributed by atoms with Gasteiger partial charge in [0.15, 0.2) is 0 Å². The Morgan fingerprint density at radius 2 is 2.00 bits per heavy atom. The third-order valence-electron chi connectivity index (χ3n) is 3.84. The maximum Gasteiger partial charge on any atom is 0.128 e. The van der Waals surface area contributed by atoms with Crippen molar-refractivity contribution in [2.24, 2.45) is 0 Å². The summed E-state index contributed by atoms with van der Waals surface area (Å²) in [5.41, 5.74) is 1.05. The number of ether oxygens (including phenoxy) is 1. The molecule has 3 rings (SSSR count). The van der Waals surface area contributed by atoms with E-state index in [0.717, 1.165) is 24.2 Å². The van der Waals surface area contributed by atoms with Crippen LogP contribution in [0.2, 0.25) is 0 Å². The lowest BCUT2D eigenvalue weighted by Gasteiger charge is -2.29. The molecule has 2 aromatic carbocycles. The van der Waals surface area contributed by atoms with Gasteiger partial charge < -0.3 is 9.84 Å². The van der Waals surface area contributed by atoms with Gasteiger partial charge in [0.1, 0.15) is 17.2 Å². The lowest BCUT2D eigenvalue weighted by Crippen LogP contribution is -2.25. The molecular formula is C17H17FO2. The molecule has 0 amide bonds. The molecule has 0 aliphatic carbocycles. The lowest BCUT2D eigenvalue weighted by molar-refractivity contribution is 0.0964. The summed E-state index contributed by atoms with van der Waals surface area (Å²) < 4.78 is 19.1. The summed E-state index contributed by atoms with van der Waals surface area (Å²) in [6, 6.07) is 11.8. The van der Waals surface area contributed by atoms with Crippen LogP contribution in [0, 0.1) is 5.82 Å². The molecular weight excluding hydrogens is 255 g/mol. The van der Waals surface area contributed by atoms with Crippen molar-refractivity contribution < 1.29 is 14.2 Å². The molecule has 0 saturated carbocycles. The van der Waals surface area contributed by atoms with Crippen molar-refractivity contribution in [2.45, 2.75) is 25.4 Å². The first-order valence-electron chi connectivity index (χ1n) is 6.82. The minimum atomic E-state index is -1.27. The van der Waals surface area contributed by atoms with Crippen molar-refractivity contribution >= 4 is 0 Å². The van der Waals surface area contributed by atoms with Crippen molar-refractivity contribution in [3.8, 4) is 5.75 Å². The highest BCUT2D eigenvalue weighted by Crippen LogP contribution is 2.39. The van der Waals surface area contributed by atoms with Gasteiger partial charge in [-0.2, -0.15) is 0 Å². The largest absolute Gasteiger partial charge is 0.493 e. The maximum atomic E-state index is 13.4. The Hall–Kier alpha value is -1.87. The summed E-state index contributed by atoms with van der Waals surface area (Å²) >= 11 is 0. The molecule has 0 radical (unpaired) electrons. The molecule has 3 heteroatoms. The van der Waals surface area contributed by atoms with Crippen molar-refractivity contribution in [2.75, 3.05) is 6.61 Å². The minimum Gasteiger partial charge on any atom is -0.493 e. The average Bonchev–Trinajstić information content (AvgIpc) is 2.46. The minimum absolute atomic E-state index is 0.353. The Bertz CT molecular complexity index is 635. The Kier molecular flexibility index (Phi) is 3.22. The van der Waals surface area contributed by atoms with E-state index in [1.807, 2.05) is 18.2 Å². The van der Waals surface area contributed by atoms with Gasteiger partial charge in [-0.15, -0.1) is 0 Å². The molecule has 2 aromatic rings. The summed E-state index contributed by atoms with van der Waals surface area (Å²) in [7, 11) is 0. The van der Waals surface area contributed by atoms with E-state index in [9.17, 15) is 9.50 Å². The first-order valence-corrected chi connectivity index (χ1v) is 6.82. The van der Waals surface area contributed by atoms with E-state index >= 15 is 0 Å². The zero-order chi connectivity index (χ0) is 14.2. The zero-order valence-corrected chi connectivity index (χ0v) is 11.4. The van der Waals surface area contributed by atoms with Gasteiger partial charge in [0.25, 0.3) is 0 Å². The van der Waals surface area contributed by atoms with Gasteiger partial charge in [0.2, 0.25) is 0 Å². The summed E-state index contributed by atoms with van der Waals surface area (Å²) in [5.74, 6) is 0.390. The van der Waals surface area contributed by atoms with Crippen LogP contribution < -0.4 is 4.74 Å². The van der Waals surface area contributed by atoms with Gasteiger partial charge in [-0.1, -0.05) is 30.3 Å². The van der Waals surface area contributed by atoms with Crippen LogP contribution in [0.25, 0.3) is 0 Å². The topological polar surface area (TPSA) is 29.5 Å². The van der Waals surface area contributed by atoms with Gasteiger partial charge in [0.05, 0.1) is 6.61 Å². The molecule has 0 bridgehead atoms. The van der Waals surface area contributed by atoms with E-state index in [4.69, 9.17) is 4.74 Å². The summed E-state index contributed by atoms with van der Waals surface area (Å²) in [6.45, 7) is 2.33. The molecule has 1 aliphatic rings. The van der Waals surface area contributed by atoms with Gasteiger partial charge in [-0.25, -0.2) is 4.39 Å². The molecule has 1 atom stereocenters. The SMILES string of the molecule is CC(O)(c1cccc(F)c1)c1cccc2c1OCCC2. The summed E-state index contributed by atoms with van der Waals surface area (Å²) in [5, 5.41) is 10.9. The number of fused-ring (bicyclic) bond motifs is 1. The van der Waals surface area contributed by atoms with Crippen LogP contribution in [-0.4, -0.2) is 11.7 Å². The predicted octanol–water partition coefficient (Wildman–Crippen LogP) is 3.41. The van der Waals surface area contributed by atoms with Gasteiger partial charge >= 0.3 is 0 Å². The van der Waals surface area contributed by atoms with Crippen molar-refractivity contribution in [3.63, 3.8) is 0 Å². The van der Waals surface area contributed by atoms with Crippen LogP contribution in [0.15, 0.2) is 42.5 Å². The van der Waals surface area contributed by atoms with E-state index in [-0.39, 0.29) is 5.82 Å². The third kappa shape index (κ3) is 2.18. The predicted molar refractivity (Wildman–Crippen MR) is 75.3 cm³/mol. The fourth-order valence-corrected chi connectivity index (χ4v) is 2.72. The van der Waals surface area contributed by atoms with E-state index in [1.165, 1.54) is 12.1 Å². The molecule has 1 unspecified atom stereocenters. The molecule has 20 heavy (non-hydrogen) atoms.